The van der Waals surface area contributed by atoms with E-state index >= 15 is 0 Å². The van der Waals surface area contributed by atoms with Crippen LogP contribution in [0.25, 0.3) is 0 Å². The Hall–Kier alpha value is -1.63. The summed E-state index contributed by atoms with van der Waals surface area (Å²) in [7, 11) is 0. The highest BCUT2D eigenvalue weighted by molar-refractivity contribution is 5.76. The summed E-state index contributed by atoms with van der Waals surface area (Å²) in [5.74, 6) is 0.333. The van der Waals surface area contributed by atoms with Crippen LogP contribution in [0.15, 0.2) is 24.3 Å². The number of ether oxygens (including phenoxy) is 1. The summed E-state index contributed by atoms with van der Waals surface area (Å²) in [4.78, 5) is 22.4. The van der Waals surface area contributed by atoms with Crippen molar-refractivity contribution in [3.05, 3.63) is 29.8 Å². The highest BCUT2D eigenvalue weighted by Crippen LogP contribution is 2.23. The molecule has 3 saturated heterocycles. The SMILES string of the molecule is Cc1ccccc1N1CCN([C@@H]2CCCN(C(=O)CCN3CCOCC3)C2)CC1. The Balaban J connectivity index is 1.24. The van der Waals surface area contributed by atoms with E-state index in [-0.39, 0.29) is 0 Å². The van der Waals surface area contributed by atoms with Crippen molar-refractivity contribution in [1.82, 2.24) is 14.7 Å². The molecule has 0 unspecified atom stereocenters. The molecule has 29 heavy (non-hydrogen) atoms. The first-order chi connectivity index (χ1) is 14.2. The number of para-hydroxylation sites is 1. The van der Waals surface area contributed by atoms with Gasteiger partial charge in [-0.1, -0.05) is 18.2 Å². The maximum Gasteiger partial charge on any atom is 0.223 e. The zero-order valence-corrected chi connectivity index (χ0v) is 17.9. The minimum Gasteiger partial charge on any atom is -0.379 e. The van der Waals surface area contributed by atoms with Crippen LogP contribution in [-0.2, 0) is 9.53 Å². The van der Waals surface area contributed by atoms with E-state index in [9.17, 15) is 4.79 Å². The third-order valence-corrected chi connectivity index (χ3v) is 6.78. The maximum atomic E-state index is 12.8. The average Bonchev–Trinajstić information content (AvgIpc) is 2.79. The van der Waals surface area contributed by atoms with Gasteiger partial charge in [-0.2, -0.15) is 0 Å². The van der Waals surface area contributed by atoms with Crippen molar-refractivity contribution in [2.24, 2.45) is 0 Å². The lowest BCUT2D eigenvalue weighted by Crippen LogP contribution is -2.56. The van der Waals surface area contributed by atoms with Crippen LogP contribution in [0.2, 0.25) is 0 Å². The van der Waals surface area contributed by atoms with Crippen LogP contribution in [0.4, 0.5) is 5.69 Å². The molecule has 3 aliphatic rings. The van der Waals surface area contributed by atoms with E-state index in [2.05, 4.69) is 50.8 Å². The fraction of sp³-hybridized carbons (Fsp3) is 0.696. The number of hydrogen-bond acceptors (Lipinski definition) is 5. The van der Waals surface area contributed by atoms with Gasteiger partial charge in [-0.3, -0.25) is 14.6 Å². The summed E-state index contributed by atoms with van der Waals surface area (Å²) in [6.45, 7) is 12.8. The third kappa shape index (κ3) is 5.30. The molecule has 1 atom stereocenters. The number of nitrogens with zero attached hydrogens (tertiary/aromatic N) is 4. The van der Waals surface area contributed by atoms with Crippen molar-refractivity contribution in [3.8, 4) is 0 Å². The molecule has 0 spiro atoms. The van der Waals surface area contributed by atoms with Gasteiger partial charge in [0.25, 0.3) is 0 Å². The highest BCUT2D eigenvalue weighted by atomic mass is 16.5. The number of benzene rings is 1. The lowest BCUT2D eigenvalue weighted by atomic mass is 10.0. The van der Waals surface area contributed by atoms with Gasteiger partial charge in [-0.15, -0.1) is 0 Å². The fourth-order valence-electron chi connectivity index (χ4n) is 4.96. The van der Waals surface area contributed by atoms with Crippen LogP contribution in [0.5, 0.6) is 0 Å². The lowest BCUT2D eigenvalue weighted by Gasteiger charge is -2.44. The molecule has 160 valence electrons. The number of anilines is 1. The number of carbonyl (C=O) groups excluding carboxylic acids is 1. The van der Waals surface area contributed by atoms with Gasteiger partial charge in [0.15, 0.2) is 0 Å². The van der Waals surface area contributed by atoms with Gasteiger partial charge < -0.3 is 14.5 Å². The molecule has 6 heteroatoms. The Labute approximate surface area is 175 Å². The Bertz CT molecular complexity index is 669. The lowest BCUT2D eigenvalue weighted by molar-refractivity contribution is -0.134. The number of amides is 1. The van der Waals surface area contributed by atoms with Gasteiger partial charge in [-0.25, -0.2) is 0 Å². The molecular formula is C23H36N4O2. The van der Waals surface area contributed by atoms with Gasteiger partial charge in [0, 0.05) is 77.1 Å². The van der Waals surface area contributed by atoms with E-state index in [0.29, 0.717) is 18.4 Å². The summed E-state index contributed by atoms with van der Waals surface area (Å²) in [5, 5.41) is 0. The smallest absolute Gasteiger partial charge is 0.223 e. The minimum absolute atomic E-state index is 0.333. The molecular weight excluding hydrogens is 364 g/mol. The van der Waals surface area contributed by atoms with Crippen molar-refractivity contribution in [1.29, 1.82) is 0 Å². The molecule has 6 nitrogen and oxygen atoms in total. The van der Waals surface area contributed by atoms with Gasteiger partial charge in [-0.05, 0) is 31.4 Å². The van der Waals surface area contributed by atoms with E-state index in [1.165, 1.54) is 17.7 Å². The molecule has 4 rings (SSSR count). The predicted molar refractivity (Wildman–Crippen MR) is 116 cm³/mol. The van der Waals surface area contributed by atoms with E-state index in [1.54, 1.807) is 0 Å². The summed E-state index contributed by atoms with van der Waals surface area (Å²) < 4.78 is 5.40. The topological polar surface area (TPSA) is 39.3 Å². The number of morpholine rings is 1. The summed E-state index contributed by atoms with van der Waals surface area (Å²) in [6, 6.07) is 9.21. The second kappa shape index (κ2) is 9.92. The molecule has 3 heterocycles. The van der Waals surface area contributed by atoms with Crippen molar-refractivity contribution in [2.45, 2.75) is 32.2 Å². The third-order valence-electron chi connectivity index (χ3n) is 6.78. The van der Waals surface area contributed by atoms with Gasteiger partial charge in [0.2, 0.25) is 5.91 Å². The van der Waals surface area contributed by atoms with Gasteiger partial charge in [0.1, 0.15) is 0 Å². The monoisotopic (exact) mass is 400 g/mol. The number of likely N-dealkylation sites (tertiary alicyclic amines) is 1. The summed E-state index contributed by atoms with van der Waals surface area (Å²) in [6.07, 6.45) is 3.00. The number of hydrogen-bond donors (Lipinski definition) is 0. The molecule has 0 bridgehead atoms. The normalized spacial score (nSPS) is 24.7. The Kier molecular flexibility index (Phi) is 7.06. The van der Waals surface area contributed by atoms with E-state index in [1.807, 2.05) is 0 Å². The summed E-state index contributed by atoms with van der Waals surface area (Å²) >= 11 is 0. The maximum absolute atomic E-state index is 12.8. The van der Waals surface area contributed by atoms with Crippen LogP contribution in [0.3, 0.4) is 0 Å². The van der Waals surface area contributed by atoms with E-state index in [0.717, 1.165) is 78.5 Å². The molecule has 3 fully saturated rings. The van der Waals surface area contributed by atoms with E-state index < -0.39 is 0 Å². The van der Waals surface area contributed by atoms with Crippen LogP contribution in [-0.4, -0.2) is 98.8 Å². The Morgan fingerprint density at radius 1 is 1.03 bits per heavy atom. The van der Waals surface area contributed by atoms with Crippen LogP contribution in [0, 0.1) is 6.92 Å². The largest absolute Gasteiger partial charge is 0.379 e. The zero-order valence-electron chi connectivity index (χ0n) is 17.9. The van der Waals surface area contributed by atoms with Crippen LogP contribution >= 0.6 is 0 Å². The first kappa shape index (κ1) is 20.6. The number of piperazine rings is 1. The van der Waals surface area contributed by atoms with Crippen LogP contribution in [0.1, 0.15) is 24.8 Å². The fourth-order valence-corrected chi connectivity index (χ4v) is 4.96. The van der Waals surface area contributed by atoms with Crippen molar-refractivity contribution in [2.75, 3.05) is 77.0 Å². The number of aryl methyl sites for hydroxylation is 1. The summed E-state index contributed by atoms with van der Waals surface area (Å²) in [5.41, 5.74) is 2.73. The molecule has 1 aromatic rings. The number of piperidine rings is 1. The predicted octanol–water partition coefficient (Wildman–Crippen LogP) is 1.83. The van der Waals surface area contributed by atoms with Gasteiger partial charge >= 0.3 is 0 Å². The van der Waals surface area contributed by atoms with Crippen molar-refractivity contribution < 1.29 is 9.53 Å². The first-order valence-electron chi connectivity index (χ1n) is 11.3. The molecule has 0 radical (unpaired) electrons. The molecule has 0 aromatic heterocycles. The Morgan fingerprint density at radius 3 is 2.55 bits per heavy atom. The second-order valence-electron chi connectivity index (χ2n) is 8.65. The zero-order chi connectivity index (χ0) is 20.1. The van der Waals surface area contributed by atoms with Crippen molar-refractivity contribution >= 4 is 11.6 Å². The minimum atomic E-state index is 0.333. The first-order valence-corrected chi connectivity index (χ1v) is 11.3. The average molecular weight is 401 g/mol. The van der Waals surface area contributed by atoms with Crippen LogP contribution < -0.4 is 4.90 Å². The number of carbonyl (C=O) groups is 1. The van der Waals surface area contributed by atoms with Crippen molar-refractivity contribution in [3.63, 3.8) is 0 Å². The van der Waals surface area contributed by atoms with E-state index in [4.69, 9.17) is 4.74 Å². The molecule has 1 amide bonds. The number of rotatable bonds is 5. The highest BCUT2D eigenvalue weighted by Gasteiger charge is 2.30. The molecule has 0 aliphatic carbocycles. The second-order valence-corrected chi connectivity index (χ2v) is 8.65. The van der Waals surface area contributed by atoms with Gasteiger partial charge in [0.05, 0.1) is 13.2 Å². The standard InChI is InChI=1S/C23H36N4O2/c1-20-5-2-3-7-22(20)26-13-11-25(12-14-26)21-6-4-9-27(19-21)23(28)8-10-24-15-17-29-18-16-24/h2-3,5,7,21H,4,6,8-19H2,1H3/t21-/m1/s1. The molecule has 3 aliphatic heterocycles. The quantitative estimate of drug-likeness (QED) is 0.754. The molecule has 1 aromatic carbocycles. The molecule has 0 N–H and O–H groups in total. The Morgan fingerprint density at radius 2 is 1.79 bits per heavy atom. The molecule has 0 saturated carbocycles.